The molecule has 0 bridgehead atoms. The van der Waals surface area contributed by atoms with Crippen LogP contribution in [0.1, 0.15) is 36.5 Å². The van der Waals surface area contributed by atoms with E-state index in [1.807, 2.05) is 12.1 Å². The van der Waals surface area contributed by atoms with Crippen LogP contribution in [0.5, 0.6) is 0 Å². The van der Waals surface area contributed by atoms with Crippen molar-refractivity contribution in [1.29, 1.82) is 0 Å². The van der Waals surface area contributed by atoms with Gasteiger partial charge < -0.3 is 15.0 Å². The van der Waals surface area contributed by atoms with Crippen molar-refractivity contribution in [3.05, 3.63) is 23.9 Å². The van der Waals surface area contributed by atoms with Crippen LogP contribution in [0.2, 0.25) is 0 Å². The molecule has 0 spiro atoms. The average Bonchev–Trinajstić information content (AvgIpc) is 2.51. The van der Waals surface area contributed by atoms with Crippen molar-refractivity contribution < 1.29 is 9.53 Å². The van der Waals surface area contributed by atoms with Gasteiger partial charge in [-0.3, -0.25) is 4.79 Å². The highest BCUT2D eigenvalue weighted by Gasteiger charge is 2.22. The van der Waals surface area contributed by atoms with E-state index in [1.54, 1.807) is 13.3 Å². The number of carbonyl (C=O) groups excluding carboxylic acids is 1. The van der Waals surface area contributed by atoms with Crippen molar-refractivity contribution in [3.8, 4) is 0 Å². The smallest absolute Gasteiger partial charge is 0.255 e. The van der Waals surface area contributed by atoms with Crippen molar-refractivity contribution in [1.82, 2.24) is 10.3 Å². The molecule has 1 saturated heterocycles. The zero-order chi connectivity index (χ0) is 15.1. The minimum atomic E-state index is -0.0487. The van der Waals surface area contributed by atoms with E-state index in [4.69, 9.17) is 4.74 Å². The number of hydrogen-bond acceptors (Lipinski definition) is 4. The monoisotopic (exact) mass is 291 g/mol. The van der Waals surface area contributed by atoms with Gasteiger partial charge in [0.25, 0.3) is 5.91 Å². The fraction of sp³-hybridized carbons (Fsp3) is 0.625. The molecule has 1 amide bonds. The zero-order valence-corrected chi connectivity index (χ0v) is 13.0. The summed E-state index contributed by atoms with van der Waals surface area (Å²) < 4.78 is 4.99. The fourth-order valence-electron chi connectivity index (χ4n) is 2.72. The Morgan fingerprint density at radius 2 is 2.43 bits per heavy atom. The lowest BCUT2D eigenvalue weighted by Gasteiger charge is -2.32. The van der Waals surface area contributed by atoms with Crippen molar-refractivity contribution in [2.45, 2.75) is 26.2 Å². The van der Waals surface area contributed by atoms with Crippen LogP contribution in [0.3, 0.4) is 0 Å². The Bertz CT molecular complexity index is 465. The van der Waals surface area contributed by atoms with Crippen LogP contribution in [0, 0.1) is 5.92 Å². The van der Waals surface area contributed by atoms with E-state index in [-0.39, 0.29) is 5.91 Å². The molecule has 2 heterocycles. The molecule has 0 aromatic carbocycles. The predicted octanol–water partition coefficient (Wildman–Crippen LogP) is 2.08. The first-order valence-corrected chi connectivity index (χ1v) is 7.69. The SMILES string of the molecule is COCCCNC(=O)c1cccnc1N1CCCC(C)C1. The highest BCUT2D eigenvalue weighted by Crippen LogP contribution is 2.24. The number of anilines is 1. The van der Waals surface area contributed by atoms with Crippen LogP contribution in [0.4, 0.5) is 5.82 Å². The Morgan fingerprint density at radius 1 is 1.57 bits per heavy atom. The molecule has 1 aliphatic heterocycles. The lowest BCUT2D eigenvalue weighted by Crippen LogP contribution is -2.37. The van der Waals surface area contributed by atoms with Crippen LogP contribution in [-0.4, -0.2) is 44.2 Å². The molecule has 21 heavy (non-hydrogen) atoms. The third kappa shape index (κ3) is 4.43. The van der Waals surface area contributed by atoms with Gasteiger partial charge in [-0.2, -0.15) is 0 Å². The zero-order valence-electron chi connectivity index (χ0n) is 13.0. The second-order valence-corrected chi connectivity index (χ2v) is 5.67. The summed E-state index contributed by atoms with van der Waals surface area (Å²) in [6.07, 6.45) is 4.99. The Labute approximate surface area is 126 Å². The van der Waals surface area contributed by atoms with E-state index in [0.29, 0.717) is 24.6 Å². The average molecular weight is 291 g/mol. The molecular formula is C16H25N3O2. The number of methoxy groups -OCH3 is 1. The van der Waals surface area contributed by atoms with Gasteiger partial charge in [0, 0.05) is 39.5 Å². The summed E-state index contributed by atoms with van der Waals surface area (Å²) in [5.41, 5.74) is 0.670. The molecular weight excluding hydrogens is 266 g/mol. The molecule has 1 aromatic rings. The summed E-state index contributed by atoms with van der Waals surface area (Å²) in [5, 5.41) is 2.94. The molecule has 116 valence electrons. The van der Waals surface area contributed by atoms with E-state index in [9.17, 15) is 4.79 Å². The Hall–Kier alpha value is -1.62. The second kappa shape index (κ2) is 7.98. The summed E-state index contributed by atoms with van der Waals surface area (Å²) in [7, 11) is 1.67. The topological polar surface area (TPSA) is 54.5 Å². The van der Waals surface area contributed by atoms with Crippen LogP contribution in [-0.2, 0) is 4.74 Å². The number of hydrogen-bond donors (Lipinski definition) is 1. The van der Waals surface area contributed by atoms with Crippen LogP contribution in [0.25, 0.3) is 0 Å². The largest absolute Gasteiger partial charge is 0.385 e. The highest BCUT2D eigenvalue weighted by molar-refractivity contribution is 5.98. The van der Waals surface area contributed by atoms with E-state index in [2.05, 4.69) is 22.1 Å². The van der Waals surface area contributed by atoms with Crippen molar-refractivity contribution in [2.24, 2.45) is 5.92 Å². The second-order valence-electron chi connectivity index (χ2n) is 5.67. The predicted molar refractivity (Wildman–Crippen MR) is 83.7 cm³/mol. The summed E-state index contributed by atoms with van der Waals surface area (Å²) in [6, 6.07) is 3.67. The van der Waals surface area contributed by atoms with Gasteiger partial charge in [0.05, 0.1) is 5.56 Å². The number of nitrogens with one attached hydrogen (secondary N) is 1. The first-order valence-electron chi connectivity index (χ1n) is 7.69. The number of amides is 1. The third-order valence-corrected chi connectivity index (χ3v) is 3.80. The Morgan fingerprint density at radius 3 is 3.19 bits per heavy atom. The van der Waals surface area contributed by atoms with Crippen LogP contribution >= 0.6 is 0 Å². The molecule has 1 aliphatic rings. The normalized spacial score (nSPS) is 18.6. The van der Waals surface area contributed by atoms with E-state index in [0.717, 1.165) is 31.7 Å². The molecule has 2 rings (SSSR count). The maximum Gasteiger partial charge on any atom is 0.255 e. The summed E-state index contributed by atoms with van der Waals surface area (Å²) in [5.74, 6) is 1.42. The van der Waals surface area contributed by atoms with Crippen molar-refractivity contribution in [3.63, 3.8) is 0 Å². The molecule has 1 fully saturated rings. The maximum atomic E-state index is 12.3. The minimum absolute atomic E-state index is 0.0487. The molecule has 1 unspecified atom stereocenters. The van der Waals surface area contributed by atoms with E-state index < -0.39 is 0 Å². The number of carbonyl (C=O) groups is 1. The number of ether oxygens (including phenoxy) is 1. The highest BCUT2D eigenvalue weighted by atomic mass is 16.5. The quantitative estimate of drug-likeness (QED) is 0.815. The molecule has 5 heteroatoms. The number of piperidine rings is 1. The Kier molecular flexibility index (Phi) is 5.99. The third-order valence-electron chi connectivity index (χ3n) is 3.80. The number of pyridine rings is 1. The van der Waals surface area contributed by atoms with E-state index >= 15 is 0 Å². The Balaban J connectivity index is 2.03. The molecule has 0 saturated carbocycles. The summed E-state index contributed by atoms with van der Waals surface area (Å²) in [6.45, 7) is 5.48. The van der Waals surface area contributed by atoms with Crippen molar-refractivity contribution >= 4 is 11.7 Å². The lowest BCUT2D eigenvalue weighted by atomic mass is 10.00. The van der Waals surface area contributed by atoms with Gasteiger partial charge in [0.15, 0.2) is 0 Å². The van der Waals surface area contributed by atoms with Gasteiger partial charge >= 0.3 is 0 Å². The van der Waals surface area contributed by atoms with Gasteiger partial charge in [-0.25, -0.2) is 4.98 Å². The number of aromatic nitrogens is 1. The molecule has 0 aliphatic carbocycles. The minimum Gasteiger partial charge on any atom is -0.385 e. The van der Waals surface area contributed by atoms with Gasteiger partial charge in [-0.1, -0.05) is 6.92 Å². The molecule has 1 atom stereocenters. The van der Waals surface area contributed by atoms with Gasteiger partial charge in [0.2, 0.25) is 0 Å². The van der Waals surface area contributed by atoms with Gasteiger partial charge in [-0.05, 0) is 37.3 Å². The molecule has 1 aromatic heterocycles. The van der Waals surface area contributed by atoms with E-state index in [1.165, 1.54) is 6.42 Å². The summed E-state index contributed by atoms with van der Waals surface area (Å²) >= 11 is 0. The van der Waals surface area contributed by atoms with Crippen LogP contribution < -0.4 is 10.2 Å². The van der Waals surface area contributed by atoms with Crippen molar-refractivity contribution in [2.75, 3.05) is 38.3 Å². The van der Waals surface area contributed by atoms with Gasteiger partial charge in [0.1, 0.15) is 5.82 Å². The fourth-order valence-corrected chi connectivity index (χ4v) is 2.72. The maximum absolute atomic E-state index is 12.3. The number of rotatable bonds is 6. The lowest BCUT2D eigenvalue weighted by molar-refractivity contribution is 0.0948. The molecule has 0 radical (unpaired) electrons. The van der Waals surface area contributed by atoms with Crippen LogP contribution in [0.15, 0.2) is 18.3 Å². The summed E-state index contributed by atoms with van der Waals surface area (Å²) in [4.78, 5) is 19.0. The van der Waals surface area contributed by atoms with Gasteiger partial charge in [-0.15, -0.1) is 0 Å². The standard InChI is InChI=1S/C16H25N3O2/c1-13-6-4-10-19(12-13)15-14(7-3-8-17-15)16(20)18-9-5-11-21-2/h3,7-8,13H,4-6,9-12H2,1-2H3,(H,18,20). The first-order chi connectivity index (χ1) is 10.2. The molecule has 5 nitrogen and oxygen atoms in total. The first kappa shape index (κ1) is 15.8. The number of nitrogens with zero attached hydrogens (tertiary/aromatic N) is 2. The molecule has 1 N–H and O–H groups in total.